The van der Waals surface area contributed by atoms with Gasteiger partial charge in [0.05, 0.1) is 18.0 Å². The molecule has 2 aromatic heterocycles. The van der Waals surface area contributed by atoms with Gasteiger partial charge in [-0.3, -0.25) is 0 Å². The second-order valence-electron chi connectivity index (χ2n) is 2.82. The van der Waals surface area contributed by atoms with Crippen LogP contribution in [0.1, 0.15) is 15.8 Å². The zero-order valence-electron chi connectivity index (χ0n) is 7.14. The molecule has 2 aromatic rings. The summed E-state index contributed by atoms with van der Waals surface area (Å²) in [6.45, 7) is 0. The zero-order chi connectivity index (χ0) is 11.0. The average molecular weight is 407 g/mol. The molecule has 2 rings (SSSR count). The Bertz CT molecular complexity index is 459. The normalized spacial score (nSPS) is 13.1. The fraction of sp³-hybridized carbons (Fsp3) is 0.111. The van der Waals surface area contributed by atoms with Gasteiger partial charge in [-0.2, -0.15) is 0 Å². The van der Waals surface area contributed by atoms with Crippen LogP contribution in [-0.2, 0) is 0 Å². The summed E-state index contributed by atoms with van der Waals surface area (Å²) in [5, 5.41) is 2.64. The molecule has 0 nitrogen and oxygen atoms in total. The summed E-state index contributed by atoms with van der Waals surface area (Å²) in [6.07, 6.45) is 0. The van der Waals surface area contributed by atoms with Gasteiger partial charge in [0, 0.05) is 4.88 Å². The lowest BCUT2D eigenvalue weighted by molar-refractivity contribution is 1.20. The smallest absolute Gasteiger partial charge is 0.0937 e. The van der Waals surface area contributed by atoms with Crippen molar-refractivity contribution in [2.75, 3.05) is 0 Å². The van der Waals surface area contributed by atoms with E-state index in [0.29, 0.717) is 0 Å². The van der Waals surface area contributed by atoms with Gasteiger partial charge in [0.15, 0.2) is 0 Å². The minimum Gasteiger partial charge on any atom is -0.136 e. The highest BCUT2D eigenvalue weighted by Crippen LogP contribution is 2.41. The van der Waals surface area contributed by atoms with Crippen molar-refractivity contribution in [1.82, 2.24) is 0 Å². The third-order valence-corrected chi connectivity index (χ3v) is 6.47. The quantitative estimate of drug-likeness (QED) is 0.512. The third-order valence-electron chi connectivity index (χ3n) is 1.79. The highest BCUT2D eigenvalue weighted by Gasteiger charge is 2.16. The van der Waals surface area contributed by atoms with Gasteiger partial charge in [-0.1, -0.05) is 11.6 Å². The molecule has 0 amide bonds. The van der Waals surface area contributed by atoms with Crippen LogP contribution in [0, 0.1) is 0 Å². The van der Waals surface area contributed by atoms with E-state index in [0.717, 1.165) is 23.0 Å². The van der Waals surface area contributed by atoms with Crippen LogP contribution >= 0.6 is 77.7 Å². The van der Waals surface area contributed by atoms with E-state index in [1.807, 2.05) is 17.5 Å². The van der Waals surface area contributed by atoms with Gasteiger partial charge in [-0.15, -0.1) is 34.3 Å². The Labute approximate surface area is 122 Å². The van der Waals surface area contributed by atoms with E-state index in [4.69, 9.17) is 23.2 Å². The number of hydrogen-bond acceptors (Lipinski definition) is 2. The summed E-state index contributed by atoms with van der Waals surface area (Å²) in [5.74, 6) is 0. The third kappa shape index (κ3) is 2.79. The molecule has 0 aliphatic carbocycles. The molecule has 0 saturated heterocycles. The number of thiophene rings is 2. The maximum absolute atomic E-state index is 6.35. The first kappa shape index (κ1) is 12.4. The standard InChI is InChI=1S/C9H4Br2Cl2S2/c10-7-1-4(3-14-7)8(13)6-2-5(12)9(11)15-6/h1-3,8H. The van der Waals surface area contributed by atoms with E-state index >= 15 is 0 Å². The molecule has 1 unspecified atom stereocenters. The van der Waals surface area contributed by atoms with Crippen molar-refractivity contribution in [3.63, 3.8) is 0 Å². The van der Waals surface area contributed by atoms with Crippen LogP contribution < -0.4 is 0 Å². The molecule has 15 heavy (non-hydrogen) atoms. The Kier molecular flexibility index (Phi) is 4.19. The van der Waals surface area contributed by atoms with Gasteiger partial charge < -0.3 is 0 Å². The van der Waals surface area contributed by atoms with Crippen LogP contribution in [-0.4, -0.2) is 0 Å². The van der Waals surface area contributed by atoms with Crippen LogP contribution in [0.2, 0.25) is 5.02 Å². The van der Waals surface area contributed by atoms with E-state index in [9.17, 15) is 0 Å². The average Bonchev–Trinajstić information content (AvgIpc) is 2.74. The molecule has 0 fully saturated rings. The Morgan fingerprint density at radius 2 is 2.00 bits per heavy atom. The van der Waals surface area contributed by atoms with Crippen molar-refractivity contribution < 1.29 is 0 Å². The van der Waals surface area contributed by atoms with Crippen molar-refractivity contribution in [3.05, 3.63) is 40.5 Å². The first-order valence-electron chi connectivity index (χ1n) is 3.90. The Morgan fingerprint density at radius 1 is 1.27 bits per heavy atom. The maximum Gasteiger partial charge on any atom is 0.0937 e. The Hall–Kier alpha value is 0.940. The van der Waals surface area contributed by atoms with Crippen LogP contribution in [0.3, 0.4) is 0 Å². The van der Waals surface area contributed by atoms with Crippen LogP contribution in [0.15, 0.2) is 25.1 Å². The number of halogens is 4. The van der Waals surface area contributed by atoms with Gasteiger partial charge >= 0.3 is 0 Å². The van der Waals surface area contributed by atoms with Crippen molar-refractivity contribution in [2.45, 2.75) is 5.38 Å². The Morgan fingerprint density at radius 3 is 2.47 bits per heavy atom. The van der Waals surface area contributed by atoms with E-state index in [2.05, 4.69) is 31.9 Å². The maximum atomic E-state index is 6.35. The Balaban J connectivity index is 2.31. The first-order valence-corrected chi connectivity index (χ1v) is 8.00. The summed E-state index contributed by atoms with van der Waals surface area (Å²) in [6, 6.07) is 3.93. The van der Waals surface area contributed by atoms with Gasteiger partial charge in [0.1, 0.15) is 0 Å². The fourth-order valence-electron chi connectivity index (χ4n) is 1.11. The lowest BCUT2D eigenvalue weighted by atomic mass is 10.2. The molecule has 0 spiro atoms. The van der Waals surface area contributed by atoms with Crippen LogP contribution in [0.4, 0.5) is 0 Å². The molecule has 0 bridgehead atoms. The number of rotatable bonds is 2. The predicted molar refractivity (Wildman–Crippen MR) is 76.7 cm³/mol. The fourth-order valence-corrected chi connectivity index (χ4v) is 4.46. The first-order chi connectivity index (χ1) is 7.08. The topological polar surface area (TPSA) is 0 Å². The molecule has 1 atom stereocenters. The van der Waals surface area contributed by atoms with Crippen molar-refractivity contribution in [3.8, 4) is 0 Å². The lowest BCUT2D eigenvalue weighted by Crippen LogP contribution is -1.85. The molecular weight excluding hydrogens is 403 g/mol. The van der Waals surface area contributed by atoms with Crippen molar-refractivity contribution in [2.24, 2.45) is 0 Å². The zero-order valence-corrected chi connectivity index (χ0v) is 13.5. The molecule has 0 radical (unpaired) electrons. The molecule has 80 valence electrons. The molecule has 0 aliphatic heterocycles. The van der Waals surface area contributed by atoms with Crippen LogP contribution in [0.5, 0.6) is 0 Å². The van der Waals surface area contributed by atoms with Gasteiger partial charge in [0.25, 0.3) is 0 Å². The SMILES string of the molecule is Clc1cc(C(Cl)c2csc(Br)c2)sc1Br. The van der Waals surface area contributed by atoms with Crippen molar-refractivity contribution >= 4 is 77.7 Å². The second kappa shape index (κ2) is 5.07. The van der Waals surface area contributed by atoms with E-state index in [1.165, 1.54) is 0 Å². The lowest BCUT2D eigenvalue weighted by Gasteiger charge is -2.02. The number of alkyl halides is 1. The molecule has 6 heteroatoms. The molecule has 0 saturated carbocycles. The summed E-state index contributed by atoms with van der Waals surface area (Å²) in [4.78, 5) is 1.05. The van der Waals surface area contributed by atoms with Gasteiger partial charge in [0.2, 0.25) is 0 Å². The van der Waals surface area contributed by atoms with Gasteiger partial charge in [-0.05, 0) is 54.9 Å². The second-order valence-corrected chi connectivity index (χ2v) is 8.35. The molecule has 2 heterocycles. The summed E-state index contributed by atoms with van der Waals surface area (Å²) < 4.78 is 2.02. The van der Waals surface area contributed by atoms with Gasteiger partial charge in [-0.25, -0.2) is 0 Å². The minimum absolute atomic E-state index is 0.124. The summed E-state index contributed by atoms with van der Waals surface area (Å²) in [5.41, 5.74) is 1.10. The minimum atomic E-state index is -0.124. The summed E-state index contributed by atoms with van der Waals surface area (Å²) >= 11 is 22.3. The highest BCUT2D eigenvalue weighted by atomic mass is 79.9. The molecular formula is C9H4Br2Cl2S2. The van der Waals surface area contributed by atoms with Crippen molar-refractivity contribution in [1.29, 1.82) is 0 Å². The summed E-state index contributed by atoms with van der Waals surface area (Å²) in [7, 11) is 0. The van der Waals surface area contributed by atoms with E-state index in [-0.39, 0.29) is 5.38 Å². The highest BCUT2D eigenvalue weighted by molar-refractivity contribution is 9.11. The predicted octanol–water partition coefficient (Wildman–Crippen LogP) is 6.32. The van der Waals surface area contributed by atoms with Crippen LogP contribution in [0.25, 0.3) is 0 Å². The number of hydrogen-bond donors (Lipinski definition) is 0. The molecule has 0 aromatic carbocycles. The monoisotopic (exact) mass is 404 g/mol. The van der Waals surface area contributed by atoms with E-state index in [1.54, 1.807) is 22.7 Å². The largest absolute Gasteiger partial charge is 0.136 e. The van der Waals surface area contributed by atoms with E-state index < -0.39 is 0 Å². The molecule has 0 N–H and O–H groups in total. The molecule has 0 aliphatic rings.